The number of tetrazole rings is 1. The monoisotopic (exact) mass is 321 g/mol. The first-order chi connectivity index (χ1) is 11.6. The van der Waals surface area contributed by atoms with Gasteiger partial charge >= 0.3 is 0 Å². The molecule has 1 atom stereocenters. The predicted molar refractivity (Wildman–Crippen MR) is 91.6 cm³/mol. The molecular weight excluding hydrogens is 302 g/mol. The molecular formula is C18H19N5O. The number of hydrogen-bond donors (Lipinski definition) is 2. The second-order valence-electron chi connectivity index (χ2n) is 5.87. The maximum Gasteiger partial charge on any atom is 0.235 e. The van der Waals surface area contributed by atoms with Gasteiger partial charge in [0.1, 0.15) is 5.92 Å². The Hall–Kier alpha value is -3.02. The number of nitrogens with zero attached hydrogens (tertiary/aromatic N) is 3. The third-order valence-corrected chi connectivity index (χ3v) is 3.83. The fourth-order valence-corrected chi connectivity index (χ4v) is 2.56. The van der Waals surface area contributed by atoms with Crippen molar-refractivity contribution in [2.24, 2.45) is 0 Å². The van der Waals surface area contributed by atoms with Crippen molar-refractivity contribution < 1.29 is 4.79 Å². The van der Waals surface area contributed by atoms with Crippen molar-refractivity contribution in [2.75, 3.05) is 5.32 Å². The summed E-state index contributed by atoms with van der Waals surface area (Å²) in [5.74, 6) is -0.269. The summed E-state index contributed by atoms with van der Waals surface area (Å²) in [5.41, 5.74) is 4.10. The van der Waals surface area contributed by atoms with E-state index in [0.29, 0.717) is 12.2 Å². The number of H-pyrrole nitrogens is 1. The summed E-state index contributed by atoms with van der Waals surface area (Å²) in [7, 11) is 0. The molecule has 0 radical (unpaired) electrons. The van der Waals surface area contributed by atoms with E-state index < -0.39 is 5.92 Å². The lowest BCUT2D eigenvalue weighted by Crippen LogP contribution is -2.24. The predicted octanol–water partition coefficient (Wildman–Crippen LogP) is 2.78. The van der Waals surface area contributed by atoms with Crippen LogP contribution < -0.4 is 5.32 Å². The minimum atomic E-state index is -0.508. The van der Waals surface area contributed by atoms with E-state index in [1.165, 1.54) is 0 Å². The standard InChI is InChI=1S/C18H19N5O/c1-12-6-8-15(9-7-12)19-18(24)16(17-20-22-23-21-17)11-14-5-3-4-13(2)10-14/h3-10,16H,11H2,1-2H3,(H,19,24)(H,20,21,22,23). The first kappa shape index (κ1) is 15.9. The quantitative estimate of drug-likeness (QED) is 0.757. The summed E-state index contributed by atoms with van der Waals surface area (Å²) in [5, 5.41) is 16.9. The van der Waals surface area contributed by atoms with E-state index in [2.05, 4.69) is 32.0 Å². The minimum Gasteiger partial charge on any atom is -0.325 e. The van der Waals surface area contributed by atoms with E-state index in [9.17, 15) is 4.79 Å². The van der Waals surface area contributed by atoms with Crippen molar-refractivity contribution in [3.05, 3.63) is 71.0 Å². The Morgan fingerprint density at radius 2 is 1.92 bits per heavy atom. The SMILES string of the molecule is Cc1ccc(NC(=O)C(Cc2cccc(C)c2)c2nn[nH]n2)cc1. The maximum absolute atomic E-state index is 12.8. The number of nitrogens with one attached hydrogen (secondary N) is 2. The largest absolute Gasteiger partial charge is 0.325 e. The summed E-state index contributed by atoms with van der Waals surface area (Å²) < 4.78 is 0. The van der Waals surface area contributed by atoms with Gasteiger partial charge in [0.2, 0.25) is 5.91 Å². The summed E-state index contributed by atoms with van der Waals surface area (Å²) in [4.78, 5) is 12.8. The molecule has 6 heteroatoms. The number of amides is 1. The molecule has 0 aliphatic rings. The van der Waals surface area contributed by atoms with Gasteiger partial charge < -0.3 is 5.32 Å². The fourth-order valence-electron chi connectivity index (χ4n) is 2.56. The number of aryl methyl sites for hydroxylation is 2. The smallest absolute Gasteiger partial charge is 0.235 e. The number of carbonyl (C=O) groups is 1. The molecule has 1 aromatic heterocycles. The van der Waals surface area contributed by atoms with Crippen LogP contribution in [-0.2, 0) is 11.2 Å². The van der Waals surface area contributed by atoms with Crippen LogP contribution in [0.4, 0.5) is 5.69 Å². The van der Waals surface area contributed by atoms with Gasteiger partial charge in [-0.15, -0.1) is 10.2 Å². The molecule has 2 N–H and O–H groups in total. The molecule has 0 saturated carbocycles. The van der Waals surface area contributed by atoms with E-state index in [4.69, 9.17) is 0 Å². The van der Waals surface area contributed by atoms with Crippen LogP contribution in [0, 0.1) is 13.8 Å². The van der Waals surface area contributed by atoms with Crippen LogP contribution in [0.3, 0.4) is 0 Å². The molecule has 1 amide bonds. The summed E-state index contributed by atoms with van der Waals surface area (Å²) >= 11 is 0. The van der Waals surface area contributed by atoms with Crippen LogP contribution in [0.5, 0.6) is 0 Å². The molecule has 3 aromatic rings. The third-order valence-electron chi connectivity index (χ3n) is 3.83. The number of hydrogen-bond acceptors (Lipinski definition) is 4. The van der Waals surface area contributed by atoms with E-state index in [1.807, 2.05) is 56.3 Å². The molecule has 1 heterocycles. The lowest BCUT2D eigenvalue weighted by molar-refractivity contribution is -0.117. The van der Waals surface area contributed by atoms with Gasteiger partial charge in [-0.3, -0.25) is 4.79 Å². The van der Waals surface area contributed by atoms with Gasteiger partial charge in [-0.25, -0.2) is 0 Å². The van der Waals surface area contributed by atoms with Crippen molar-refractivity contribution in [1.29, 1.82) is 0 Å². The second kappa shape index (κ2) is 7.04. The van der Waals surface area contributed by atoms with Crippen molar-refractivity contribution in [3.63, 3.8) is 0 Å². The topological polar surface area (TPSA) is 83.6 Å². The number of aromatic amines is 1. The van der Waals surface area contributed by atoms with Crippen molar-refractivity contribution in [1.82, 2.24) is 20.6 Å². The lowest BCUT2D eigenvalue weighted by Gasteiger charge is -2.14. The molecule has 0 saturated heterocycles. The highest BCUT2D eigenvalue weighted by molar-refractivity contribution is 5.95. The van der Waals surface area contributed by atoms with Gasteiger partial charge in [0.05, 0.1) is 0 Å². The van der Waals surface area contributed by atoms with Crippen LogP contribution >= 0.6 is 0 Å². The molecule has 0 bridgehead atoms. The van der Waals surface area contributed by atoms with Gasteiger partial charge in [-0.2, -0.15) is 5.21 Å². The molecule has 122 valence electrons. The van der Waals surface area contributed by atoms with Crippen LogP contribution in [0.2, 0.25) is 0 Å². The number of anilines is 1. The van der Waals surface area contributed by atoms with Crippen molar-refractivity contribution in [2.45, 2.75) is 26.2 Å². The average Bonchev–Trinajstić information content (AvgIpc) is 3.09. The average molecular weight is 321 g/mol. The van der Waals surface area contributed by atoms with Crippen LogP contribution in [0.1, 0.15) is 28.4 Å². The van der Waals surface area contributed by atoms with E-state index in [0.717, 1.165) is 22.4 Å². The third kappa shape index (κ3) is 3.84. The summed E-state index contributed by atoms with van der Waals surface area (Å²) in [6, 6.07) is 15.7. The Labute approximate surface area is 140 Å². The Morgan fingerprint density at radius 3 is 2.58 bits per heavy atom. The zero-order chi connectivity index (χ0) is 16.9. The molecule has 3 rings (SSSR count). The van der Waals surface area contributed by atoms with Crippen molar-refractivity contribution >= 4 is 11.6 Å². The van der Waals surface area contributed by atoms with E-state index in [-0.39, 0.29) is 5.91 Å². The van der Waals surface area contributed by atoms with Crippen LogP contribution in [0.25, 0.3) is 0 Å². The molecule has 6 nitrogen and oxygen atoms in total. The zero-order valence-electron chi connectivity index (χ0n) is 13.7. The van der Waals surface area contributed by atoms with Gasteiger partial charge in [0, 0.05) is 5.69 Å². The van der Waals surface area contributed by atoms with Gasteiger partial charge in [0.15, 0.2) is 5.82 Å². The van der Waals surface area contributed by atoms with E-state index >= 15 is 0 Å². The highest BCUT2D eigenvalue weighted by Crippen LogP contribution is 2.20. The Balaban J connectivity index is 1.82. The Kier molecular flexibility index (Phi) is 4.65. The molecule has 0 fully saturated rings. The molecule has 0 aliphatic carbocycles. The first-order valence-corrected chi connectivity index (χ1v) is 7.78. The Morgan fingerprint density at radius 1 is 1.12 bits per heavy atom. The van der Waals surface area contributed by atoms with E-state index in [1.54, 1.807) is 0 Å². The number of aromatic nitrogens is 4. The van der Waals surface area contributed by atoms with Crippen LogP contribution in [-0.4, -0.2) is 26.5 Å². The molecule has 1 unspecified atom stereocenters. The zero-order valence-corrected chi connectivity index (χ0v) is 13.7. The normalized spacial score (nSPS) is 11.9. The maximum atomic E-state index is 12.8. The number of benzene rings is 2. The lowest BCUT2D eigenvalue weighted by atomic mass is 9.96. The molecule has 24 heavy (non-hydrogen) atoms. The molecule has 2 aromatic carbocycles. The van der Waals surface area contributed by atoms with Gasteiger partial charge in [-0.05, 0) is 38.0 Å². The van der Waals surface area contributed by atoms with Gasteiger partial charge in [0.25, 0.3) is 0 Å². The molecule has 0 spiro atoms. The highest BCUT2D eigenvalue weighted by atomic mass is 16.1. The number of rotatable bonds is 5. The van der Waals surface area contributed by atoms with Gasteiger partial charge in [-0.1, -0.05) is 52.7 Å². The molecule has 0 aliphatic heterocycles. The summed E-state index contributed by atoms with van der Waals surface area (Å²) in [6.07, 6.45) is 0.513. The highest BCUT2D eigenvalue weighted by Gasteiger charge is 2.25. The Bertz CT molecular complexity index is 812. The van der Waals surface area contributed by atoms with Crippen LogP contribution in [0.15, 0.2) is 48.5 Å². The number of carbonyl (C=O) groups excluding carboxylic acids is 1. The minimum absolute atomic E-state index is 0.151. The first-order valence-electron chi connectivity index (χ1n) is 7.78. The van der Waals surface area contributed by atoms with Crippen molar-refractivity contribution in [3.8, 4) is 0 Å². The second-order valence-corrected chi connectivity index (χ2v) is 5.87. The fraction of sp³-hybridized carbons (Fsp3) is 0.222. The summed E-state index contributed by atoms with van der Waals surface area (Å²) in [6.45, 7) is 4.03.